The largest absolute Gasteiger partial charge is 0.489 e. The average Bonchev–Trinajstić information content (AvgIpc) is 2.57. The van der Waals surface area contributed by atoms with Crippen LogP contribution in [0.1, 0.15) is 31.1 Å². The number of hydrogen-bond acceptors (Lipinski definition) is 5. The van der Waals surface area contributed by atoms with Gasteiger partial charge in [-0.1, -0.05) is 13.8 Å². The van der Waals surface area contributed by atoms with Crippen LogP contribution in [0, 0.1) is 5.41 Å². The van der Waals surface area contributed by atoms with Gasteiger partial charge in [-0.25, -0.2) is 4.79 Å². The van der Waals surface area contributed by atoms with Gasteiger partial charge in [-0.15, -0.1) is 0 Å². The van der Waals surface area contributed by atoms with E-state index < -0.39 is 11.8 Å². The summed E-state index contributed by atoms with van der Waals surface area (Å²) in [5.41, 5.74) is 0.134. The Bertz CT molecular complexity index is 533. The molecule has 20 heavy (non-hydrogen) atoms. The number of rotatable bonds is 3. The lowest BCUT2D eigenvalue weighted by Gasteiger charge is -2.19. The van der Waals surface area contributed by atoms with Crippen molar-refractivity contribution in [1.29, 1.82) is 0 Å². The maximum Gasteiger partial charge on any atom is 0.379 e. The lowest BCUT2D eigenvalue weighted by atomic mass is 9.97. The van der Waals surface area contributed by atoms with Crippen molar-refractivity contribution >= 4 is 11.8 Å². The molecule has 0 saturated heterocycles. The van der Waals surface area contributed by atoms with Gasteiger partial charge in [0.15, 0.2) is 11.5 Å². The Balaban J connectivity index is 2.23. The molecule has 0 amide bonds. The summed E-state index contributed by atoms with van der Waals surface area (Å²) in [5, 5.41) is 0. The van der Waals surface area contributed by atoms with Gasteiger partial charge in [-0.05, 0) is 25.1 Å². The van der Waals surface area contributed by atoms with Crippen molar-refractivity contribution in [1.82, 2.24) is 0 Å². The fourth-order valence-corrected chi connectivity index (χ4v) is 1.78. The second-order valence-electron chi connectivity index (χ2n) is 5.45. The molecule has 0 N–H and O–H groups in total. The third-order valence-electron chi connectivity index (χ3n) is 2.90. The second-order valence-corrected chi connectivity index (χ2v) is 5.45. The molecule has 1 aliphatic rings. The Labute approximate surface area is 117 Å². The molecule has 0 aromatic heterocycles. The Morgan fingerprint density at radius 3 is 2.50 bits per heavy atom. The van der Waals surface area contributed by atoms with Crippen molar-refractivity contribution in [2.24, 2.45) is 5.41 Å². The topological polar surface area (TPSA) is 61.8 Å². The zero-order valence-electron chi connectivity index (χ0n) is 11.9. The quantitative estimate of drug-likeness (QED) is 0.482. The van der Waals surface area contributed by atoms with Gasteiger partial charge in [0.25, 0.3) is 5.78 Å². The molecular formula is C15H18O5. The average molecular weight is 278 g/mol. The van der Waals surface area contributed by atoms with Gasteiger partial charge < -0.3 is 14.2 Å². The summed E-state index contributed by atoms with van der Waals surface area (Å²) in [6.07, 6.45) is 0. The third kappa shape index (κ3) is 3.10. The fraction of sp³-hybridized carbons (Fsp3) is 0.467. The van der Waals surface area contributed by atoms with Crippen LogP contribution < -0.4 is 9.47 Å². The molecule has 0 aliphatic carbocycles. The highest BCUT2D eigenvalue weighted by Gasteiger charge is 2.26. The molecule has 1 heterocycles. The summed E-state index contributed by atoms with van der Waals surface area (Å²) in [6, 6.07) is 4.71. The normalized spacial score (nSPS) is 16.1. The molecule has 0 saturated carbocycles. The van der Waals surface area contributed by atoms with Crippen LogP contribution in [0.25, 0.3) is 0 Å². The number of Topliss-reactive ketones (excluding diaryl/α,β-unsaturated/α-hetero) is 1. The van der Waals surface area contributed by atoms with Gasteiger partial charge in [0, 0.05) is 11.0 Å². The van der Waals surface area contributed by atoms with Crippen molar-refractivity contribution in [3.63, 3.8) is 0 Å². The van der Waals surface area contributed by atoms with E-state index in [9.17, 15) is 9.59 Å². The number of carbonyl (C=O) groups excluding carboxylic acids is 2. The number of carbonyl (C=O) groups is 2. The predicted octanol–water partition coefficient (Wildman–Crippen LogP) is 2.23. The van der Waals surface area contributed by atoms with Crippen LogP contribution in [0.15, 0.2) is 18.2 Å². The molecule has 108 valence electrons. The SMILES string of the molecule is CCOC(=O)C(=O)c1ccc2c(c1)OCC(C)(C)CO2. The highest BCUT2D eigenvalue weighted by Crippen LogP contribution is 2.34. The molecule has 1 aromatic rings. The van der Waals surface area contributed by atoms with Gasteiger partial charge in [0.05, 0.1) is 19.8 Å². The van der Waals surface area contributed by atoms with E-state index in [0.717, 1.165) is 0 Å². The number of esters is 1. The molecule has 0 bridgehead atoms. The summed E-state index contributed by atoms with van der Waals surface area (Å²) < 4.78 is 16.0. The lowest BCUT2D eigenvalue weighted by molar-refractivity contribution is -0.137. The molecule has 0 fully saturated rings. The summed E-state index contributed by atoms with van der Waals surface area (Å²) in [4.78, 5) is 23.3. The zero-order chi connectivity index (χ0) is 14.8. The number of hydrogen-bond donors (Lipinski definition) is 0. The Hall–Kier alpha value is -2.04. The van der Waals surface area contributed by atoms with Crippen molar-refractivity contribution in [2.75, 3.05) is 19.8 Å². The first-order chi connectivity index (χ1) is 9.43. The van der Waals surface area contributed by atoms with Gasteiger partial charge in [0.2, 0.25) is 0 Å². The van der Waals surface area contributed by atoms with Crippen LogP contribution in [0.5, 0.6) is 11.5 Å². The lowest BCUT2D eigenvalue weighted by Crippen LogP contribution is -2.26. The van der Waals surface area contributed by atoms with Crippen molar-refractivity contribution < 1.29 is 23.8 Å². The molecule has 5 nitrogen and oxygen atoms in total. The van der Waals surface area contributed by atoms with E-state index in [2.05, 4.69) is 0 Å². The first kappa shape index (κ1) is 14.4. The Kier molecular flexibility index (Phi) is 3.97. The monoisotopic (exact) mass is 278 g/mol. The summed E-state index contributed by atoms with van der Waals surface area (Å²) in [6.45, 7) is 6.90. The number of ether oxygens (including phenoxy) is 3. The molecule has 5 heteroatoms. The molecule has 1 aliphatic heterocycles. The smallest absolute Gasteiger partial charge is 0.379 e. The minimum Gasteiger partial charge on any atom is -0.489 e. The molecule has 2 rings (SSSR count). The molecule has 0 unspecified atom stereocenters. The van der Waals surface area contributed by atoms with E-state index in [1.165, 1.54) is 6.07 Å². The summed E-state index contributed by atoms with van der Waals surface area (Å²) in [5.74, 6) is -0.481. The predicted molar refractivity (Wildman–Crippen MR) is 72.2 cm³/mol. The first-order valence-electron chi connectivity index (χ1n) is 6.54. The molecule has 0 radical (unpaired) electrons. The summed E-state index contributed by atoms with van der Waals surface area (Å²) >= 11 is 0. The van der Waals surface area contributed by atoms with Crippen molar-refractivity contribution in [2.45, 2.75) is 20.8 Å². The van der Waals surface area contributed by atoms with Gasteiger partial charge >= 0.3 is 5.97 Å². The van der Waals surface area contributed by atoms with E-state index in [0.29, 0.717) is 24.7 Å². The molecule has 0 atom stereocenters. The van der Waals surface area contributed by atoms with Crippen LogP contribution in [0.3, 0.4) is 0 Å². The first-order valence-corrected chi connectivity index (χ1v) is 6.54. The van der Waals surface area contributed by atoms with Crippen LogP contribution >= 0.6 is 0 Å². The van der Waals surface area contributed by atoms with E-state index >= 15 is 0 Å². The van der Waals surface area contributed by atoms with Crippen molar-refractivity contribution in [3.05, 3.63) is 23.8 Å². The van der Waals surface area contributed by atoms with E-state index in [4.69, 9.17) is 14.2 Å². The third-order valence-corrected chi connectivity index (χ3v) is 2.90. The van der Waals surface area contributed by atoms with E-state index in [1.54, 1.807) is 19.1 Å². The maximum absolute atomic E-state index is 11.9. The minimum atomic E-state index is -0.859. The molecule has 1 aromatic carbocycles. The highest BCUT2D eigenvalue weighted by molar-refractivity contribution is 6.40. The molecular weight excluding hydrogens is 260 g/mol. The molecule has 0 spiro atoms. The van der Waals surface area contributed by atoms with E-state index in [-0.39, 0.29) is 17.6 Å². The van der Waals surface area contributed by atoms with E-state index in [1.807, 2.05) is 13.8 Å². The Morgan fingerprint density at radius 1 is 1.20 bits per heavy atom. The van der Waals surface area contributed by atoms with Crippen LogP contribution in [0.4, 0.5) is 0 Å². The summed E-state index contributed by atoms with van der Waals surface area (Å²) in [7, 11) is 0. The second kappa shape index (κ2) is 5.53. The van der Waals surface area contributed by atoms with Gasteiger partial charge in [0.1, 0.15) is 0 Å². The van der Waals surface area contributed by atoms with Gasteiger partial charge in [-0.2, -0.15) is 0 Å². The number of benzene rings is 1. The van der Waals surface area contributed by atoms with Crippen LogP contribution in [0.2, 0.25) is 0 Å². The maximum atomic E-state index is 11.9. The van der Waals surface area contributed by atoms with Crippen LogP contribution in [-0.4, -0.2) is 31.6 Å². The fourth-order valence-electron chi connectivity index (χ4n) is 1.78. The van der Waals surface area contributed by atoms with Crippen molar-refractivity contribution in [3.8, 4) is 11.5 Å². The standard InChI is InChI=1S/C15H18O5/c1-4-18-14(17)13(16)10-5-6-11-12(7-10)20-9-15(2,3)8-19-11/h5-7H,4,8-9H2,1-3H3. The van der Waals surface area contributed by atoms with Crippen LogP contribution in [-0.2, 0) is 9.53 Å². The number of fused-ring (bicyclic) bond motifs is 1. The van der Waals surface area contributed by atoms with Gasteiger partial charge in [-0.3, -0.25) is 4.79 Å². The minimum absolute atomic E-state index is 0.107. The highest BCUT2D eigenvalue weighted by atomic mass is 16.5. The zero-order valence-corrected chi connectivity index (χ0v) is 11.9. The Morgan fingerprint density at radius 2 is 1.85 bits per heavy atom. The number of ketones is 1.